The van der Waals surface area contributed by atoms with Crippen LogP contribution in [0.25, 0.3) is 0 Å². The predicted molar refractivity (Wildman–Crippen MR) is 139 cm³/mol. The van der Waals surface area contributed by atoms with Crippen molar-refractivity contribution in [3.05, 3.63) is 60.2 Å². The van der Waals surface area contributed by atoms with Gasteiger partial charge in [0.05, 0.1) is 19.1 Å². The number of benzene rings is 2. The third-order valence-corrected chi connectivity index (χ3v) is 6.82. The van der Waals surface area contributed by atoms with Crippen molar-refractivity contribution in [1.82, 2.24) is 10.2 Å². The number of methoxy groups -OCH3 is 1. The highest BCUT2D eigenvalue weighted by atomic mass is 32.2. The number of anilines is 1. The molecule has 0 spiro atoms. The number of rotatable bonds is 14. The predicted octanol–water partition coefficient (Wildman–Crippen LogP) is 3.58. The molecule has 0 aromatic heterocycles. The lowest BCUT2D eigenvalue weighted by Crippen LogP contribution is -2.49. The van der Waals surface area contributed by atoms with E-state index in [1.807, 2.05) is 44.2 Å². The molecule has 0 saturated heterocycles. The fourth-order valence-corrected chi connectivity index (χ4v) is 4.79. The molecule has 0 heterocycles. The second-order valence-electron chi connectivity index (χ2n) is 8.36. The van der Waals surface area contributed by atoms with Gasteiger partial charge in [-0.1, -0.05) is 50.2 Å². The zero-order valence-electron chi connectivity index (χ0n) is 21.1. The van der Waals surface area contributed by atoms with Crippen molar-refractivity contribution in [2.75, 3.05) is 30.8 Å². The first kappa shape index (κ1) is 28.2. The molecule has 35 heavy (non-hydrogen) atoms. The van der Waals surface area contributed by atoms with Gasteiger partial charge in [-0.3, -0.25) is 13.9 Å². The number of ether oxygens (including phenoxy) is 1. The molecule has 0 radical (unpaired) electrons. The Hall–Kier alpha value is -3.07. The van der Waals surface area contributed by atoms with Crippen molar-refractivity contribution in [3.63, 3.8) is 0 Å². The van der Waals surface area contributed by atoms with Crippen LogP contribution in [0, 0.1) is 0 Å². The summed E-state index contributed by atoms with van der Waals surface area (Å²) in [5, 5.41) is 2.90. The lowest BCUT2D eigenvalue weighted by molar-refractivity contribution is -0.141. The van der Waals surface area contributed by atoms with Crippen molar-refractivity contribution in [2.45, 2.75) is 52.1 Å². The van der Waals surface area contributed by atoms with Crippen LogP contribution in [-0.2, 0) is 26.2 Å². The third-order valence-electron chi connectivity index (χ3n) is 5.62. The van der Waals surface area contributed by atoms with Crippen LogP contribution in [-0.4, -0.2) is 57.6 Å². The Kier molecular flexibility index (Phi) is 11.0. The molecule has 1 atom stereocenters. The van der Waals surface area contributed by atoms with E-state index >= 15 is 0 Å². The molecule has 0 fully saturated rings. The minimum absolute atomic E-state index is 0.111. The first-order valence-corrected chi connectivity index (χ1v) is 13.8. The van der Waals surface area contributed by atoms with E-state index in [0.29, 0.717) is 37.4 Å². The fourth-order valence-electron chi connectivity index (χ4n) is 3.84. The quantitative estimate of drug-likeness (QED) is 0.425. The minimum atomic E-state index is -3.57. The standard InChI is InChI=1S/C26H37N3O5S/c1-5-17-27-26(31)24(6-2)28(20-21-12-8-7-9-13-21)25(30)16-11-18-29(35(4,32)33)22-14-10-15-23(19-22)34-3/h7-10,12-15,19,24H,5-6,11,16-18,20H2,1-4H3,(H,27,31)/t24-/m0/s1. The second-order valence-corrected chi connectivity index (χ2v) is 10.3. The molecule has 2 aromatic rings. The zero-order chi connectivity index (χ0) is 25.8. The molecular weight excluding hydrogens is 466 g/mol. The van der Waals surface area contributed by atoms with Crippen LogP contribution in [0.15, 0.2) is 54.6 Å². The Morgan fingerprint density at radius 1 is 1.06 bits per heavy atom. The molecule has 2 rings (SSSR count). The summed E-state index contributed by atoms with van der Waals surface area (Å²) in [6, 6.07) is 15.7. The van der Waals surface area contributed by atoms with Crippen LogP contribution in [0.3, 0.4) is 0 Å². The highest BCUT2D eigenvalue weighted by molar-refractivity contribution is 7.92. The average Bonchev–Trinajstić information content (AvgIpc) is 2.84. The minimum Gasteiger partial charge on any atom is -0.497 e. The van der Waals surface area contributed by atoms with Gasteiger partial charge in [0.2, 0.25) is 21.8 Å². The topological polar surface area (TPSA) is 96.0 Å². The summed E-state index contributed by atoms with van der Waals surface area (Å²) >= 11 is 0. The Bertz CT molecular complexity index is 1060. The van der Waals surface area contributed by atoms with Crippen molar-refractivity contribution in [3.8, 4) is 5.75 Å². The molecule has 0 aliphatic carbocycles. The summed E-state index contributed by atoms with van der Waals surface area (Å²) in [6.07, 6.45) is 2.84. The molecule has 0 unspecified atom stereocenters. The van der Waals surface area contributed by atoms with Gasteiger partial charge < -0.3 is 15.0 Å². The van der Waals surface area contributed by atoms with Gasteiger partial charge in [0, 0.05) is 32.1 Å². The largest absolute Gasteiger partial charge is 0.497 e. The average molecular weight is 504 g/mol. The summed E-state index contributed by atoms with van der Waals surface area (Å²) < 4.78 is 31.4. The molecule has 9 heteroatoms. The van der Waals surface area contributed by atoms with Crippen LogP contribution >= 0.6 is 0 Å². The number of amides is 2. The van der Waals surface area contributed by atoms with E-state index in [9.17, 15) is 18.0 Å². The molecule has 8 nitrogen and oxygen atoms in total. The number of carbonyl (C=O) groups excluding carboxylic acids is 2. The monoisotopic (exact) mass is 503 g/mol. The second kappa shape index (κ2) is 13.7. The van der Waals surface area contributed by atoms with Gasteiger partial charge in [-0.05, 0) is 37.0 Å². The summed E-state index contributed by atoms with van der Waals surface area (Å²) in [4.78, 5) is 27.8. The van der Waals surface area contributed by atoms with Gasteiger partial charge in [-0.25, -0.2) is 8.42 Å². The van der Waals surface area contributed by atoms with Gasteiger partial charge >= 0.3 is 0 Å². The summed E-state index contributed by atoms with van der Waals surface area (Å²) in [5.41, 5.74) is 1.41. The van der Waals surface area contributed by atoms with E-state index in [1.54, 1.807) is 29.2 Å². The van der Waals surface area contributed by atoms with Crippen LogP contribution in [0.5, 0.6) is 5.75 Å². The SMILES string of the molecule is CCCNC(=O)[C@H](CC)N(Cc1ccccc1)C(=O)CCCN(c1cccc(OC)c1)S(C)(=O)=O. The highest BCUT2D eigenvalue weighted by Gasteiger charge is 2.28. The summed E-state index contributed by atoms with van der Waals surface area (Å²) in [5.74, 6) is 0.185. The molecule has 0 bridgehead atoms. The highest BCUT2D eigenvalue weighted by Crippen LogP contribution is 2.24. The van der Waals surface area contributed by atoms with Gasteiger partial charge in [0.1, 0.15) is 11.8 Å². The summed E-state index contributed by atoms with van der Waals surface area (Å²) in [6.45, 7) is 4.85. The van der Waals surface area contributed by atoms with Gasteiger partial charge in [-0.2, -0.15) is 0 Å². The van der Waals surface area contributed by atoms with E-state index in [1.165, 1.54) is 11.4 Å². The van der Waals surface area contributed by atoms with Crippen molar-refractivity contribution in [2.24, 2.45) is 0 Å². The van der Waals surface area contributed by atoms with Crippen molar-refractivity contribution in [1.29, 1.82) is 0 Å². The lowest BCUT2D eigenvalue weighted by atomic mass is 10.1. The Labute approximate surface area is 209 Å². The number of hydrogen-bond donors (Lipinski definition) is 1. The number of nitrogens with zero attached hydrogens (tertiary/aromatic N) is 2. The first-order chi connectivity index (χ1) is 16.7. The molecule has 1 N–H and O–H groups in total. The third kappa shape index (κ3) is 8.58. The van der Waals surface area contributed by atoms with E-state index in [-0.39, 0.29) is 24.8 Å². The van der Waals surface area contributed by atoms with Crippen LogP contribution < -0.4 is 14.4 Å². The lowest BCUT2D eigenvalue weighted by Gasteiger charge is -2.31. The fraction of sp³-hybridized carbons (Fsp3) is 0.462. The van der Waals surface area contributed by atoms with Gasteiger partial charge in [0.15, 0.2) is 0 Å². The number of nitrogens with one attached hydrogen (secondary N) is 1. The van der Waals surface area contributed by atoms with E-state index in [4.69, 9.17) is 4.74 Å². The van der Waals surface area contributed by atoms with Crippen molar-refractivity contribution < 1.29 is 22.7 Å². The van der Waals surface area contributed by atoms with Crippen LogP contribution in [0.1, 0.15) is 45.1 Å². The molecule has 2 amide bonds. The van der Waals surface area contributed by atoms with E-state index in [0.717, 1.165) is 18.2 Å². The number of hydrogen-bond acceptors (Lipinski definition) is 5. The first-order valence-electron chi connectivity index (χ1n) is 11.9. The molecule has 0 saturated carbocycles. The normalized spacial score (nSPS) is 12.0. The maximum Gasteiger partial charge on any atom is 0.242 e. The molecule has 192 valence electrons. The van der Waals surface area contributed by atoms with Gasteiger partial charge in [-0.15, -0.1) is 0 Å². The van der Waals surface area contributed by atoms with Crippen LogP contribution in [0.2, 0.25) is 0 Å². The molecular formula is C26H37N3O5S. The Morgan fingerprint density at radius 2 is 1.77 bits per heavy atom. The zero-order valence-corrected chi connectivity index (χ0v) is 21.9. The van der Waals surface area contributed by atoms with Crippen molar-refractivity contribution >= 4 is 27.5 Å². The van der Waals surface area contributed by atoms with Gasteiger partial charge in [0.25, 0.3) is 0 Å². The molecule has 2 aromatic carbocycles. The molecule has 0 aliphatic rings. The smallest absolute Gasteiger partial charge is 0.242 e. The number of carbonyl (C=O) groups is 2. The maximum absolute atomic E-state index is 13.4. The maximum atomic E-state index is 13.4. The molecule has 0 aliphatic heterocycles. The van der Waals surface area contributed by atoms with Crippen LogP contribution in [0.4, 0.5) is 5.69 Å². The Balaban J connectivity index is 2.18. The number of sulfonamides is 1. The van der Waals surface area contributed by atoms with E-state index in [2.05, 4.69) is 5.32 Å². The van der Waals surface area contributed by atoms with E-state index < -0.39 is 16.1 Å². The Morgan fingerprint density at radius 3 is 2.37 bits per heavy atom. The summed E-state index contributed by atoms with van der Waals surface area (Å²) in [7, 11) is -2.05.